The number of hydrogen-bond acceptors (Lipinski definition) is 6. The average Bonchev–Trinajstić information content (AvgIpc) is 3.42. The summed E-state index contributed by atoms with van der Waals surface area (Å²) in [5.74, 6) is 0.877. The zero-order valence-electron chi connectivity index (χ0n) is 19.9. The van der Waals surface area contributed by atoms with Gasteiger partial charge in [-0.1, -0.05) is 35.6 Å². The van der Waals surface area contributed by atoms with Crippen molar-refractivity contribution >= 4 is 28.1 Å². The number of rotatable bonds is 5. The Morgan fingerprint density at radius 1 is 0.882 bits per heavy atom. The molecule has 4 heterocycles. The molecule has 0 spiro atoms. The molecule has 2 amide bonds. The predicted molar refractivity (Wildman–Crippen MR) is 132 cm³/mol. The molecule has 3 aromatic rings. The van der Waals surface area contributed by atoms with Crippen LogP contribution in [0, 0.1) is 0 Å². The van der Waals surface area contributed by atoms with Crippen LogP contribution in [-0.4, -0.2) is 66.6 Å². The van der Waals surface area contributed by atoms with Gasteiger partial charge < -0.3 is 9.80 Å². The Labute approximate surface area is 204 Å². The van der Waals surface area contributed by atoms with Crippen LogP contribution in [0.25, 0.3) is 15.5 Å². The highest BCUT2D eigenvalue weighted by Gasteiger charge is 2.26. The highest BCUT2D eigenvalue weighted by molar-refractivity contribution is 7.19. The third-order valence-electron chi connectivity index (χ3n) is 7.17. The number of aromatic nitrogens is 4. The van der Waals surface area contributed by atoms with Crippen LogP contribution in [0.2, 0.25) is 0 Å². The highest BCUT2D eigenvalue weighted by Crippen LogP contribution is 2.27. The molecule has 2 aliphatic rings. The average molecular weight is 481 g/mol. The Kier molecular flexibility index (Phi) is 6.63. The lowest BCUT2D eigenvalue weighted by Crippen LogP contribution is -2.43. The lowest BCUT2D eigenvalue weighted by Gasteiger charge is -2.33. The van der Waals surface area contributed by atoms with E-state index in [1.165, 1.54) is 24.2 Å². The molecule has 0 unspecified atom stereocenters. The number of likely N-dealkylation sites (tertiary alicyclic amines) is 2. The topological polar surface area (TPSA) is 83.7 Å². The number of nitrogens with zero attached hydrogens (tertiary/aromatic N) is 6. The molecule has 8 nitrogen and oxygen atoms in total. The Morgan fingerprint density at radius 3 is 2.12 bits per heavy atom. The van der Waals surface area contributed by atoms with Crippen LogP contribution < -0.4 is 0 Å². The van der Waals surface area contributed by atoms with E-state index in [2.05, 4.69) is 24.0 Å². The third kappa shape index (κ3) is 4.71. The van der Waals surface area contributed by atoms with E-state index in [1.54, 1.807) is 4.52 Å². The summed E-state index contributed by atoms with van der Waals surface area (Å²) < 4.78 is 1.70. The van der Waals surface area contributed by atoms with E-state index in [9.17, 15) is 9.59 Å². The maximum absolute atomic E-state index is 12.8. The van der Waals surface area contributed by atoms with Crippen molar-refractivity contribution in [2.45, 2.75) is 77.3 Å². The largest absolute Gasteiger partial charge is 0.340 e. The molecule has 180 valence electrons. The number of piperidine rings is 2. The molecule has 0 bridgehead atoms. The van der Waals surface area contributed by atoms with Crippen LogP contribution in [0.4, 0.5) is 0 Å². The van der Waals surface area contributed by atoms with Gasteiger partial charge >= 0.3 is 0 Å². The summed E-state index contributed by atoms with van der Waals surface area (Å²) >= 11 is 1.46. The SMILES string of the molecule is C[C@@H]1CCCCN1C(=O)Cc1ccc(-c2nn3c(CC(=O)N4CCCC[C@H]4C)nnc3s2)cc1. The first-order valence-corrected chi connectivity index (χ1v) is 13.2. The van der Waals surface area contributed by atoms with Gasteiger partial charge in [0.25, 0.3) is 0 Å². The smallest absolute Gasteiger partial charge is 0.234 e. The molecule has 2 fully saturated rings. The molecular weight excluding hydrogens is 448 g/mol. The van der Waals surface area contributed by atoms with Gasteiger partial charge in [0.05, 0.1) is 12.8 Å². The van der Waals surface area contributed by atoms with Crippen molar-refractivity contribution in [1.29, 1.82) is 0 Å². The van der Waals surface area contributed by atoms with Crippen LogP contribution in [-0.2, 0) is 22.4 Å². The summed E-state index contributed by atoms with van der Waals surface area (Å²) in [5.41, 5.74) is 1.98. The molecule has 9 heteroatoms. The van der Waals surface area contributed by atoms with Gasteiger partial charge in [0.15, 0.2) is 5.82 Å². The van der Waals surface area contributed by atoms with E-state index in [4.69, 9.17) is 5.10 Å². The Balaban J connectivity index is 1.27. The second-order valence-corrected chi connectivity index (χ2v) is 10.6. The quantitative estimate of drug-likeness (QED) is 0.556. The van der Waals surface area contributed by atoms with Crippen molar-refractivity contribution in [1.82, 2.24) is 29.6 Å². The van der Waals surface area contributed by atoms with E-state index in [0.717, 1.165) is 54.9 Å². The zero-order valence-corrected chi connectivity index (χ0v) is 20.8. The van der Waals surface area contributed by atoms with Crippen molar-refractivity contribution in [2.24, 2.45) is 0 Å². The minimum atomic E-state index is 0.0908. The van der Waals surface area contributed by atoms with E-state index in [1.807, 2.05) is 34.1 Å². The molecule has 0 radical (unpaired) electrons. The van der Waals surface area contributed by atoms with Gasteiger partial charge in [-0.05, 0) is 57.9 Å². The molecule has 1 aromatic carbocycles. The molecule has 5 rings (SSSR count). The molecule has 2 atom stereocenters. The van der Waals surface area contributed by atoms with Crippen LogP contribution >= 0.6 is 11.3 Å². The monoisotopic (exact) mass is 480 g/mol. The fraction of sp³-hybridized carbons (Fsp3) is 0.560. The third-order valence-corrected chi connectivity index (χ3v) is 8.12. The van der Waals surface area contributed by atoms with E-state index >= 15 is 0 Å². The first-order chi connectivity index (χ1) is 16.5. The van der Waals surface area contributed by atoms with Crippen molar-refractivity contribution in [3.05, 3.63) is 35.7 Å². The summed E-state index contributed by atoms with van der Waals surface area (Å²) in [6.45, 7) is 5.94. The van der Waals surface area contributed by atoms with Crippen molar-refractivity contribution in [2.75, 3.05) is 13.1 Å². The number of benzene rings is 1. The van der Waals surface area contributed by atoms with Gasteiger partial charge in [-0.3, -0.25) is 9.59 Å². The van der Waals surface area contributed by atoms with E-state index in [-0.39, 0.29) is 24.3 Å². The van der Waals surface area contributed by atoms with Gasteiger partial charge in [-0.2, -0.15) is 9.61 Å². The van der Waals surface area contributed by atoms with Crippen LogP contribution in [0.1, 0.15) is 63.8 Å². The fourth-order valence-electron chi connectivity index (χ4n) is 5.10. The van der Waals surface area contributed by atoms with Crippen LogP contribution in [0.5, 0.6) is 0 Å². The number of amides is 2. The normalized spacial score (nSPS) is 21.2. The summed E-state index contributed by atoms with van der Waals surface area (Å²) in [7, 11) is 0. The molecule has 2 aromatic heterocycles. The molecule has 34 heavy (non-hydrogen) atoms. The number of fused-ring (bicyclic) bond motifs is 1. The maximum atomic E-state index is 12.8. The Morgan fingerprint density at radius 2 is 1.50 bits per heavy atom. The minimum absolute atomic E-state index is 0.0908. The van der Waals surface area contributed by atoms with Gasteiger partial charge in [0.2, 0.25) is 16.8 Å². The minimum Gasteiger partial charge on any atom is -0.340 e. The van der Waals surface area contributed by atoms with Crippen molar-refractivity contribution in [3.8, 4) is 10.6 Å². The summed E-state index contributed by atoms with van der Waals surface area (Å²) in [6, 6.07) is 8.64. The van der Waals surface area contributed by atoms with E-state index < -0.39 is 0 Å². The lowest BCUT2D eigenvalue weighted by molar-refractivity contribution is -0.134. The van der Waals surface area contributed by atoms with Gasteiger partial charge in [-0.25, -0.2) is 0 Å². The summed E-state index contributed by atoms with van der Waals surface area (Å²) in [5, 5.41) is 14.0. The second kappa shape index (κ2) is 9.82. The summed E-state index contributed by atoms with van der Waals surface area (Å²) in [4.78, 5) is 30.3. The standard InChI is InChI=1S/C25H32N6O2S/c1-17-7-3-5-13-29(17)22(32)15-19-9-11-20(12-10-19)24-28-31-21(26-27-25(31)34-24)16-23(33)30-14-6-4-8-18(30)2/h9-12,17-18H,3-8,13-16H2,1-2H3/t17-,18-/m1/s1. The molecule has 0 saturated carbocycles. The predicted octanol–water partition coefficient (Wildman–Crippen LogP) is 3.74. The first kappa shape index (κ1) is 23.0. The van der Waals surface area contributed by atoms with Gasteiger partial charge in [-0.15, -0.1) is 10.2 Å². The summed E-state index contributed by atoms with van der Waals surface area (Å²) in [6.07, 6.45) is 7.34. The number of carbonyl (C=O) groups is 2. The highest BCUT2D eigenvalue weighted by atomic mass is 32.1. The second-order valence-electron chi connectivity index (χ2n) is 9.63. The molecular formula is C25H32N6O2S. The maximum Gasteiger partial charge on any atom is 0.234 e. The number of carbonyl (C=O) groups excluding carboxylic acids is 2. The van der Waals surface area contributed by atoms with Crippen LogP contribution in [0.15, 0.2) is 24.3 Å². The Hall–Kier alpha value is -2.81. The molecule has 0 aliphatic carbocycles. The van der Waals surface area contributed by atoms with Gasteiger partial charge in [0, 0.05) is 30.7 Å². The fourth-order valence-corrected chi connectivity index (χ4v) is 5.96. The van der Waals surface area contributed by atoms with Crippen molar-refractivity contribution < 1.29 is 9.59 Å². The lowest BCUT2D eigenvalue weighted by atomic mass is 10.0. The zero-order chi connectivity index (χ0) is 23.7. The molecule has 2 aliphatic heterocycles. The molecule has 2 saturated heterocycles. The van der Waals surface area contributed by atoms with E-state index in [0.29, 0.717) is 23.2 Å². The van der Waals surface area contributed by atoms with Crippen molar-refractivity contribution in [3.63, 3.8) is 0 Å². The first-order valence-electron chi connectivity index (χ1n) is 12.4. The Bertz CT molecular complexity index is 1170. The molecule has 0 N–H and O–H groups in total. The number of hydrogen-bond donors (Lipinski definition) is 0. The van der Waals surface area contributed by atoms with Crippen LogP contribution in [0.3, 0.4) is 0 Å². The van der Waals surface area contributed by atoms with Gasteiger partial charge in [0.1, 0.15) is 5.01 Å².